The number of hydrogen-bond donors (Lipinski definition) is 2. The molecule has 0 radical (unpaired) electrons. The fraction of sp³-hybridized carbons (Fsp3) is 0.355. The molecular formula is C31H33NO5S2. The van der Waals surface area contributed by atoms with Gasteiger partial charge in [0, 0.05) is 29.8 Å². The molecule has 0 unspecified atom stereocenters. The van der Waals surface area contributed by atoms with Crippen molar-refractivity contribution < 1.29 is 24.2 Å². The normalized spacial score (nSPS) is 17.1. The van der Waals surface area contributed by atoms with E-state index in [0.29, 0.717) is 12.5 Å². The van der Waals surface area contributed by atoms with E-state index in [0.717, 1.165) is 45.1 Å². The van der Waals surface area contributed by atoms with Crippen molar-refractivity contribution in [3.8, 4) is 16.9 Å². The highest BCUT2D eigenvalue weighted by molar-refractivity contribution is 8.18. The summed E-state index contributed by atoms with van der Waals surface area (Å²) in [6, 6.07) is 22.5. The Hall–Kier alpha value is -3.10. The molecule has 1 amide bonds. The first kappa shape index (κ1) is 27.5. The molecule has 0 aromatic heterocycles. The Morgan fingerprint density at radius 2 is 1.51 bits per heavy atom. The molecule has 1 aliphatic heterocycles. The lowest BCUT2D eigenvalue weighted by Crippen LogP contribution is -2.42. The van der Waals surface area contributed by atoms with Gasteiger partial charge in [-0.25, -0.2) is 9.59 Å². The van der Waals surface area contributed by atoms with Gasteiger partial charge < -0.3 is 19.9 Å². The second-order valence-corrected chi connectivity index (χ2v) is 14.0. The Bertz CT molecular complexity index is 1270. The van der Waals surface area contributed by atoms with Crippen LogP contribution in [0.5, 0.6) is 5.75 Å². The van der Waals surface area contributed by atoms with Gasteiger partial charge in [-0.1, -0.05) is 60.7 Å². The molecule has 2 aliphatic rings. The van der Waals surface area contributed by atoms with Crippen LogP contribution in [0.4, 0.5) is 4.79 Å². The van der Waals surface area contributed by atoms with Gasteiger partial charge in [-0.05, 0) is 53.8 Å². The molecule has 0 saturated carbocycles. The summed E-state index contributed by atoms with van der Waals surface area (Å²) in [7, 11) is 0. The van der Waals surface area contributed by atoms with Crippen LogP contribution in [0.2, 0.25) is 0 Å². The van der Waals surface area contributed by atoms with E-state index in [9.17, 15) is 14.7 Å². The highest BCUT2D eigenvalue weighted by Crippen LogP contribution is 2.45. The SMILES string of the molecule is CC1(C)SCC(COc2ccc(C[C@H](NC(=O)OCC3c4ccccc4-c4ccccc43)C(=O)O)cc2)CS1. The van der Waals surface area contributed by atoms with E-state index in [1.165, 1.54) is 0 Å². The van der Waals surface area contributed by atoms with Crippen LogP contribution in [-0.4, -0.2) is 52.0 Å². The number of amides is 1. The van der Waals surface area contributed by atoms with Gasteiger partial charge in [-0.15, -0.1) is 23.5 Å². The molecule has 6 nitrogen and oxygen atoms in total. The van der Waals surface area contributed by atoms with E-state index < -0.39 is 18.1 Å². The van der Waals surface area contributed by atoms with Crippen molar-refractivity contribution in [1.29, 1.82) is 0 Å². The van der Waals surface area contributed by atoms with Crippen LogP contribution in [0.15, 0.2) is 72.8 Å². The van der Waals surface area contributed by atoms with Crippen molar-refractivity contribution in [2.45, 2.75) is 36.3 Å². The largest absolute Gasteiger partial charge is 0.493 e. The molecule has 1 fully saturated rings. The van der Waals surface area contributed by atoms with Gasteiger partial charge in [0.1, 0.15) is 18.4 Å². The van der Waals surface area contributed by atoms with Crippen LogP contribution >= 0.6 is 23.5 Å². The number of thioether (sulfide) groups is 2. The van der Waals surface area contributed by atoms with Crippen LogP contribution in [0.25, 0.3) is 11.1 Å². The van der Waals surface area contributed by atoms with E-state index in [4.69, 9.17) is 9.47 Å². The number of benzene rings is 3. The van der Waals surface area contributed by atoms with E-state index >= 15 is 0 Å². The number of aliphatic carboxylic acids is 1. The number of carbonyl (C=O) groups is 2. The van der Waals surface area contributed by atoms with Crippen LogP contribution in [0.3, 0.4) is 0 Å². The second-order valence-electron chi connectivity index (χ2n) is 10.4. The van der Waals surface area contributed by atoms with Crippen molar-refractivity contribution in [2.24, 2.45) is 5.92 Å². The molecule has 204 valence electrons. The smallest absolute Gasteiger partial charge is 0.407 e. The molecule has 3 aromatic rings. The monoisotopic (exact) mass is 563 g/mol. The maximum Gasteiger partial charge on any atom is 0.407 e. The maximum atomic E-state index is 12.6. The predicted molar refractivity (Wildman–Crippen MR) is 158 cm³/mol. The number of nitrogens with one attached hydrogen (secondary N) is 1. The van der Waals surface area contributed by atoms with Gasteiger partial charge in [0.25, 0.3) is 0 Å². The molecule has 0 bridgehead atoms. The summed E-state index contributed by atoms with van der Waals surface area (Å²) < 4.78 is 11.8. The lowest BCUT2D eigenvalue weighted by Gasteiger charge is -2.33. The van der Waals surface area contributed by atoms with Crippen molar-refractivity contribution in [1.82, 2.24) is 5.32 Å². The highest BCUT2D eigenvalue weighted by atomic mass is 32.2. The van der Waals surface area contributed by atoms with Crippen LogP contribution in [0.1, 0.15) is 36.5 Å². The summed E-state index contributed by atoms with van der Waals surface area (Å²) in [6.07, 6.45) is -0.597. The number of carbonyl (C=O) groups excluding carboxylic acids is 1. The first-order chi connectivity index (χ1) is 18.8. The molecule has 3 aromatic carbocycles. The van der Waals surface area contributed by atoms with Gasteiger partial charge in [-0.3, -0.25) is 0 Å². The lowest BCUT2D eigenvalue weighted by molar-refractivity contribution is -0.139. The Kier molecular flexibility index (Phi) is 8.43. The van der Waals surface area contributed by atoms with Gasteiger partial charge in [0.2, 0.25) is 0 Å². The zero-order chi connectivity index (χ0) is 27.4. The fourth-order valence-corrected chi connectivity index (χ4v) is 7.57. The molecule has 2 N–H and O–H groups in total. The predicted octanol–water partition coefficient (Wildman–Crippen LogP) is 6.43. The number of ether oxygens (including phenoxy) is 2. The van der Waals surface area contributed by atoms with Gasteiger partial charge in [-0.2, -0.15) is 0 Å². The molecule has 8 heteroatoms. The summed E-state index contributed by atoms with van der Waals surface area (Å²) in [5.74, 6) is 2.23. The molecule has 39 heavy (non-hydrogen) atoms. The summed E-state index contributed by atoms with van der Waals surface area (Å²) in [5.41, 5.74) is 5.28. The van der Waals surface area contributed by atoms with E-state index in [1.54, 1.807) is 0 Å². The van der Waals surface area contributed by atoms with Crippen molar-refractivity contribution in [2.75, 3.05) is 24.7 Å². The third-order valence-electron chi connectivity index (χ3n) is 7.12. The summed E-state index contributed by atoms with van der Waals surface area (Å²) in [5, 5.41) is 12.3. The first-order valence-electron chi connectivity index (χ1n) is 13.1. The molecule has 1 aliphatic carbocycles. The van der Waals surface area contributed by atoms with Gasteiger partial charge >= 0.3 is 12.1 Å². The summed E-state index contributed by atoms with van der Waals surface area (Å²) >= 11 is 3.93. The maximum absolute atomic E-state index is 12.6. The topological polar surface area (TPSA) is 84.9 Å². The summed E-state index contributed by atoms with van der Waals surface area (Å²) in [6.45, 7) is 5.31. The Balaban J connectivity index is 1.13. The van der Waals surface area contributed by atoms with Gasteiger partial charge in [0.05, 0.1) is 10.7 Å². The highest BCUT2D eigenvalue weighted by Gasteiger charge is 2.30. The third kappa shape index (κ3) is 6.73. The van der Waals surface area contributed by atoms with Crippen molar-refractivity contribution >= 4 is 35.6 Å². The Labute approximate surface area is 237 Å². The molecule has 1 saturated heterocycles. The van der Waals surface area contributed by atoms with Crippen LogP contribution in [0, 0.1) is 5.92 Å². The van der Waals surface area contributed by atoms with Crippen molar-refractivity contribution in [3.05, 3.63) is 89.5 Å². The molecule has 5 rings (SSSR count). The standard InChI is InChI=1S/C31H33NO5S2/c1-31(2)38-18-21(19-39-31)16-36-22-13-11-20(12-14-22)15-28(29(33)34)32-30(35)37-17-27-25-9-5-3-7-23(25)24-8-4-6-10-26(24)27/h3-14,21,27-28H,15-19H2,1-2H3,(H,32,35)(H,33,34)/t28-/m0/s1. The van der Waals surface area contributed by atoms with Crippen molar-refractivity contribution in [3.63, 3.8) is 0 Å². The number of alkyl carbamates (subject to hydrolysis) is 1. The third-order valence-corrected chi connectivity index (χ3v) is 10.5. The van der Waals surface area contributed by atoms with Gasteiger partial charge in [0.15, 0.2) is 0 Å². The number of hydrogen-bond acceptors (Lipinski definition) is 6. The van der Waals surface area contributed by atoms with Crippen LogP contribution in [-0.2, 0) is 16.0 Å². The second kappa shape index (κ2) is 12.0. The first-order valence-corrected chi connectivity index (χ1v) is 15.1. The number of carboxylic acid groups (broad SMARTS) is 1. The zero-order valence-electron chi connectivity index (χ0n) is 22.1. The fourth-order valence-electron chi connectivity index (χ4n) is 4.98. The Morgan fingerprint density at radius 3 is 2.10 bits per heavy atom. The van der Waals surface area contributed by atoms with E-state index in [1.807, 2.05) is 84.2 Å². The minimum absolute atomic E-state index is 0.0868. The van der Waals surface area contributed by atoms with E-state index in [2.05, 4.69) is 31.3 Å². The van der Waals surface area contributed by atoms with E-state index in [-0.39, 0.29) is 23.0 Å². The molecule has 1 heterocycles. The molecular weight excluding hydrogens is 530 g/mol. The Morgan fingerprint density at radius 1 is 0.923 bits per heavy atom. The summed E-state index contributed by atoms with van der Waals surface area (Å²) in [4.78, 5) is 24.6. The molecule has 1 atom stereocenters. The number of carboxylic acids is 1. The minimum atomic E-state index is -1.11. The molecule has 0 spiro atoms. The lowest BCUT2D eigenvalue weighted by atomic mass is 9.98. The van der Waals surface area contributed by atoms with Crippen LogP contribution < -0.4 is 10.1 Å². The number of rotatable bonds is 9. The quantitative estimate of drug-likeness (QED) is 0.310. The minimum Gasteiger partial charge on any atom is -0.493 e. The zero-order valence-corrected chi connectivity index (χ0v) is 23.7. The number of fused-ring (bicyclic) bond motifs is 3. The average Bonchev–Trinajstić information content (AvgIpc) is 3.25. The average molecular weight is 564 g/mol.